The molecule has 7 aromatic carbocycles. The van der Waals surface area contributed by atoms with Gasteiger partial charge in [-0.1, -0.05) is 140 Å². The Morgan fingerprint density at radius 3 is 1.74 bits per heavy atom. The second-order valence-corrected chi connectivity index (χ2v) is 11.6. The first-order valence-electron chi connectivity index (χ1n) is 15.5. The minimum Gasteiger partial charge on any atom is -0.256 e. The van der Waals surface area contributed by atoms with Crippen molar-refractivity contribution in [3.05, 3.63) is 164 Å². The van der Waals surface area contributed by atoms with E-state index in [2.05, 4.69) is 120 Å². The molecule has 2 heterocycles. The maximum absolute atomic E-state index is 5.09. The highest BCUT2D eigenvalue weighted by atomic mass is 14.9. The lowest BCUT2D eigenvalue weighted by Gasteiger charge is -2.15. The number of nitrogens with zero attached hydrogens (tertiary/aromatic N) is 3. The van der Waals surface area contributed by atoms with Crippen molar-refractivity contribution in [1.29, 1.82) is 0 Å². The lowest BCUT2D eigenvalue weighted by atomic mass is 9.89. The van der Waals surface area contributed by atoms with Gasteiger partial charge in [0.2, 0.25) is 0 Å². The van der Waals surface area contributed by atoms with Crippen LogP contribution in [0.4, 0.5) is 0 Å². The van der Waals surface area contributed by atoms with Gasteiger partial charge in [-0.2, -0.15) is 0 Å². The molecule has 0 radical (unpaired) electrons. The van der Waals surface area contributed by atoms with E-state index >= 15 is 0 Å². The highest BCUT2D eigenvalue weighted by Gasteiger charge is 2.16. The molecule has 0 aliphatic heterocycles. The summed E-state index contributed by atoms with van der Waals surface area (Å²) in [5.41, 5.74) is 9.14. The van der Waals surface area contributed by atoms with Crippen molar-refractivity contribution in [2.24, 2.45) is 0 Å². The number of rotatable bonds is 5. The number of hydrogen-bond acceptors (Lipinski definition) is 3. The third-order valence-corrected chi connectivity index (χ3v) is 8.92. The van der Waals surface area contributed by atoms with E-state index in [4.69, 9.17) is 9.97 Å². The van der Waals surface area contributed by atoms with Gasteiger partial charge in [-0.05, 0) is 61.6 Å². The summed E-state index contributed by atoms with van der Waals surface area (Å²) >= 11 is 0. The van der Waals surface area contributed by atoms with Gasteiger partial charge in [-0.25, -0.2) is 9.97 Å². The average molecular weight is 586 g/mol. The Balaban J connectivity index is 1.18. The smallest absolute Gasteiger partial charge is 0.160 e. The van der Waals surface area contributed by atoms with E-state index < -0.39 is 0 Å². The van der Waals surface area contributed by atoms with Gasteiger partial charge < -0.3 is 0 Å². The van der Waals surface area contributed by atoms with Crippen LogP contribution < -0.4 is 0 Å². The zero-order chi connectivity index (χ0) is 30.5. The van der Waals surface area contributed by atoms with Gasteiger partial charge >= 0.3 is 0 Å². The molecule has 0 amide bonds. The molecule has 3 heteroatoms. The standard InChI is InChI=1S/C43H27N3/c1-2-9-33(10-3-1)43-45-39(27-40(46-43)36-14-5-4-13-35(36)38-15-6-7-26-44-38)29-18-16-28(17-19-29)34-24-22-32-21-20-30-11-8-12-31-23-25-37(34)42(32)41(30)31/h1-27H. The SMILES string of the molecule is c1ccc(-c2nc(-c3ccc(-c4ccc5ccc6cccc7ccc4c5c67)cc3)cc(-c3ccccc3-c3ccccn3)n2)cc1. The van der Waals surface area contributed by atoms with E-state index in [-0.39, 0.29) is 0 Å². The number of benzene rings is 7. The maximum atomic E-state index is 5.09. The van der Waals surface area contributed by atoms with Gasteiger partial charge in [-0.15, -0.1) is 0 Å². The lowest BCUT2D eigenvalue weighted by Crippen LogP contribution is -1.97. The summed E-state index contributed by atoms with van der Waals surface area (Å²) in [4.78, 5) is 14.8. The highest BCUT2D eigenvalue weighted by molar-refractivity contribution is 6.25. The Bertz CT molecular complexity index is 2490. The summed E-state index contributed by atoms with van der Waals surface area (Å²) in [6.45, 7) is 0. The Morgan fingerprint density at radius 1 is 0.348 bits per heavy atom. The van der Waals surface area contributed by atoms with E-state index in [1.54, 1.807) is 0 Å². The van der Waals surface area contributed by atoms with Crippen LogP contribution in [0.2, 0.25) is 0 Å². The Hall–Kier alpha value is -6.19. The summed E-state index contributed by atoms with van der Waals surface area (Å²) in [5, 5.41) is 7.77. The Morgan fingerprint density at radius 2 is 0.978 bits per heavy atom. The largest absolute Gasteiger partial charge is 0.256 e. The van der Waals surface area contributed by atoms with Gasteiger partial charge in [0.15, 0.2) is 5.82 Å². The van der Waals surface area contributed by atoms with Crippen LogP contribution in [0, 0.1) is 0 Å². The van der Waals surface area contributed by atoms with Crippen LogP contribution in [0.25, 0.3) is 88.6 Å². The van der Waals surface area contributed by atoms with Gasteiger partial charge in [0.25, 0.3) is 0 Å². The van der Waals surface area contributed by atoms with Crippen LogP contribution in [0.1, 0.15) is 0 Å². The fraction of sp³-hybridized carbons (Fsp3) is 0. The summed E-state index contributed by atoms with van der Waals surface area (Å²) in [7, 11) is 0. The third kappa shape index (κ3) is 4.41. The van der Waals surface area contributed by atoms with Gasteiger partial charge in [-0.3, -0.25) is 4.98 Å². The molecular weight excluding hydrogens is 558 g/mol. The number of pyridine rings is 1. The zero-order valence-electron chi connectivity index (χ0n) is 24.9. The first-order valence-corrected chi connectivity index (χ1v) is 15.5. The topological polar surface area (TPSA) is 38.7 Å². The molecule has 0 saturated carbocycles. The van der Waals surface area contributed by atoms with Gasteiger partial charge in [0.1, 0.15) is 0 Å². The van der Waals surface area contributed by atoms with Crippen molar-refractivity contribution in [2.45, 2.75) is 0 Å². The van der Waals surface area contributed by atoms with E-state index in [1.165, 1.54) is 43.4 Å². The summed E-state index contributed by atoms with van der Waals surface area (Å²) in [5.74, 6) is 0.694. The van der Waals surface area contributed by atoms with E-state index in [9.17, 15) is 0 Å². The Labute approximate surface area is 266 Å². The molecule has 0 spiro atoms. The predicted molar refractivity (Wildman–Crippen MR) is 191 cm³/mol. The van der Waals surface area contributed by atoms with E-state index in [1.807, 2.05) is 48.7 Å². The molecule has 2 aromatic heterocycles. The highest BCUT2D eigenvalue weighted by Crippen LogP contribution is 2.40. The van der Waals surface area contributed by atoms with Crippen molar-refractivity contribution in [2.75, 3.05) is 0 Å². The van der Waals surface area contributed by atoms with Crippen LogP contribution >= 0.6 is 0 Å². The summed E-state index contributed by atoms with van der Waals surface area (Å²) in [6, 6.07) is 55.4. The van der Waals surface area contributed by atoms with Gasteiger partial charge in [0.05, 0.1) is 17.1 Å². The fourth-order valence-corrected chi connectivity index (χ4v) is 6.71. The monoisotopic (exact) mass is 585 g/mol. The molecule has 0 aliphatic rings. The van der Waals surface area contributed by atoms with Crippen LogP contribution in [-0.2, 0) is 0 Å². The number of hydrogen-bond donors (Lipinski definition) is 0. The molecular formula is C43H27N3. The molecule has 214 valence electrons. The van der Waals surface area contributed by atoms with Crippen LogP contribution in [0.15, 0.2) is 164 Å². The van der Waals surface area contributed by atoms with E-state index in [0.29, 0.717) is 5.82 Å². The molecule has 0 bridgehead atoms. The van der Waals surface area contributed by atoms with Crippen LogP contribution in [0.3, 0.4) is 0 Å². The quantitative estimate of drug-likeness (QED) is 0.189. The minimum absolute atomic E-state index is 0.694. The Kier molecular flexibility index (Phi) is 6.14. The molecule has 0 unspecified atom stereocenters. The molecule has 0 aliphatic carbocycles. The van der Waals surface area contributed by atoms with E-state index in [0.717, 1.165) is 39.3 Å². The molecule has 9 aromatic rings. The minimum atomic E-state index is 0.694. The molecule has 9 rings (SSSR count). The predicted octanol–water partition coefficient (Wildman–Crippen LogP) is 11.1. The second-order valence-electron chi connectivity index (χ2n) is 11.6. The zero-order valence-corrected chi connectivity index (χ0v) is 24.9. The van der Waals surface area contributed by atoms with Crippen LogP contribution in [-0.4, -0.2) is 15.0 Å². The molecule has 0 fully saturated rings. The van der Waals surface area contributed by atoms with Crippen LogP contribution in [0.5, 0.6) is 0 Å². The molecule has 0 saturated heterocycles. The van der Waals surface area contributed by atoms with Crippen molar-refractivity contribution in [3.8, 4) is 56.3 Å². The van der Waals surface area contributed by atoms with Crippen molar-refractivity contribution >= 4 is 32.3 Å². The fourth-order valence-electron chi connectivity index (χ4n) is 6.71. The normalized spacial score (nSPS) is 11.5. The van der Waals surface area contributed by atoms with Crippen molar-refractivity contribution < 1.29 is 0 Å². The maximum Gasteiger partial charge on any atom is 0.160 e. The second kappa shape index (κ2) is 10.8. The molecule has 0 atom stereocenters. The van der Waals surface area contributed by atoms with Crippen molar-refractivity contribution in [1.82, 2.24) is 15.0 Å². The van der Waals surface area contributed by atoms with Crippen molar-refractivity contribution in [3.63, 3.8) is 0 Å². The molecule has 0 N–H and O–H groups in total. The average Bonchev–Trinajstić information content (AvgIpc) is 3.14. The first kappa shape index (κ1) is 26.2. The number of aromatic nitrogens is 3. The third-order valence-electron chi connectivity index (χ3n) is 8.92. The van der Waals surface area contributed by atoms with Gasteiger partial charge in [0, 0.05) is 28.5 Å². The molecule has 46 heavy (non-hydrogen) atoms. The summed E-state index contributed by atoms with van der Waals surface area (Å²) < 4.78 is 0. The first-order chi connectivity index (χ1) is 22.8. The lowest BCUT2D eigenvalue weighted by molar-refractivity contribution is 1.18. The summed E-state index contributed by atoms with van der Waals surface area (Å²) in [6.07, 6.45) is 1.83. The molecule has 3 nitrogen and oxygen atoms in total.